The average molecular weight is 450 g/mol. The number of carbonyl (C=O) groups excluding carboxylic acids is 2. The third-order valence-electron chi connectivity index (χ3n) is 4.58. The Balaban J connectivity index is 0.00000233. The summed E-state index contributed by atoms with van der Waals surface area (Å²) in [6.07, 6.45) is 2.73. The third kappa shape index (κ3) is 7.14. The van der Waals surface area contributed by atoms with Gasteiger partial charge in [0, 0.05) is 12.1 Å². The highest BCUT2D eigenvalue weighted by atomic mass is 31.0. The molecule has 2 aromatic rings. The molecule has 0 radical (unpaired) electrons. The second-order valence-corrected chi connectivity index (χ2v) is 6.49. The van der Waals surface area contributed by atoms with Gasteiger partial charge in [-0.15, -0.1) is 0 Å². The van der Waals surface area contributed by atoms with Crippen LogP contribution in [0.2, 0.25) is 0 Å². The molecule has 0 aliphatic rings. The van der Waals surface area contributed by atoms with Crippen molar-refractivity contribution in [2.75, 3.05) is 27.9 Å². The van der Waals surface area contributed by atoms with Crippen molar-refractivity contribution in [3.05, 3.63) is 53.6 Å². The van der Waals surface area contributed by atoms with E-state index in [-0.39, 0.29) is 23.7 Å². The van der Waals surface area contributed by atoms with Crippen LogP contribution in [0.15, 0.2) is 42.5 Å². The lowest BCUT2D eigenvalue weighted by Crippen LogP contribution is -2.25. The lowest BCUT2D eigenvalue weighted by Gasteiger charge is -2.19. The van der Waals surface area contributed by atoms with E-state index in [1.54, 1.807) is 36.4 Å². The predicted octanol–water partition coefficient (Wildman–Crippen LogP) is 4.35. The molecule has 0 aliphatic carbocycles. The maximum atomic E-state index is 13.5. The van der Waals surface area contributed by atoms with Gasteiger partial charge >= 0.3 is 5.97 Å². The van der Waals surface area contributed by atoms with Crippen LogP contribution in [-0.2, 0) is 14.1 Å². The number of carbonyl (C=O) groups is 2. The summed E-state index contributed by atoms with van der Waals surface area (Å²) in [6.45, 7) is 2.35. The van der Waals surface area contributed by atoms with Gasteiger partial charge in [-0.1, -0.05) is 50.1 Å². The summed E-state index contributed by atoms with van der Waals surface area (Å²) in [5.41, 5.74) is 0.730. The molecule has 2 rings (SSSR count). The molecule has 0 spiro atoms. The summed E-state index contributed by atoms with van der Waals surface area (Å²) in [4.78, 5) is 26.4. The molecule has 0 aromatic heterocycles. The smallest absolute Gasteiger partial charge is 0.321 e. The first-order valence-electron chi connectivity index (χ1n) is 9.92. The number of ether oxygens (including phenoxy) is 4. The van der Waals surface area contributed by atoms with Crippen molar-refractivity contribution in [3.8, 4) is 17.2 Å². The van der Waals surface area contributed by atoms with Gasteiger partial charge in [-0.3, -0.25) is 9.59 Å². The van der Waals surface area contributed by atoms with E-state index in [1.165, 1.54) is 21.3 Å². The van der Waals surface area contributed by atoms with E-state index in [1.807, 2.05) is 6.07 Å². The summed E-state index contributed by atoms with van der Waals surface area (Å²) in [6, 6.07) is 12.0. The SMILES string of the molecule is CCCCCOC(=O)C(C(=O)c1c(OC)cc(OC)cc1OC)c1ccccc1.O=[PH3]. The number of benzene rings is 2. The second-order valence-electron chi connectivity index (χ2n) is 6.49. The highest BCUT2D eigenvalue weighted by Gasteiger charge is 2.35. The minimum atomic E-state index is -1.12. The fourth-order valence-electron chi connectivity index (χ4n) is 3.04. The molecular weight excluding hydrogens is 419 g/mol. The van der Waals surface area contributed by atoms with E-state index in [9.17, 15) is 9.59 Å². The molecule has 31 heavy (non-hydrogen) atoms. The zero-order valence-electron chi connectivity index (χ0n) is 18.5. The van der Waals surface area contributed by atoms with E-state index in [0.717, 1.165) is 19.3 Å². The number of methoxy groups -OCH3 is 3. The first-order valence-corrected chi connectivity index (χ1v) is 10.5. The zero-order valence-corrected chi connectivity index (χ0v) is 19.9. The predicted molar refractivity (Wildman–Crippen MR) is 122 cm³/mol. The van der Waals surface area contributed by atoms with Crippen molar-refractivity contribution in [2.45, 2.75) is 32.1 Å². The van der Waals surface area contributed by atoms with E-state index >= 15 is 0 Å². The van der Waals surface area contributed by atoms with Crippen molar-refractivity contribution in [1.29, 1.82) is 0 Å². The molecule has 0 amide bonds. The van der Waals surface area contributed by atoms with Crippen molar-refractivity contribution >= 4 is 20.9 Å². The van der Waals surface area contributed by atoms with E-state index in [4.69, 9.17) is 23.5 Å². The Morgan fingerprint density at radius 1 is 0.903 bits per heavy atom. The Morgan fingerprint density at radius 3 is 1.97 bits per heavy atom. The molecular formula is C23H31O7P. The number of Topliss-reactive ketones (excluding diaryl/α,β-unsaturated/α-hetero) is 1. The average Bonchev–Trinajstić information content (AvgIpc) is 2.82. The van der Waals surface area contributed by atoms with Gasteiger partial charge in [0.2, 0.25) is 0 Å². The summed E-state index contributed by atoms with van der Waals surface area (Å²) >= 11 is 0. The highest BCUT2D eigenvalue weighted by Crippen LogP contribution is 2.37. The van der Waals surface area contributed by atoms with Gasteiger partial charge in [0.15, 0.2) is 5.78 Å². The maximum Gasteiger partial charge on any atom is 0.321 e. The normalized spacial score (nSPS) is 11.0. The summed E-state index contributed by atoms with van der Waals surface area (Å²) in [7, 11) is 5.02. The van der Waals surface area contributed by atoms with Crippen molar-refractivity contribution in [3.63, 3.8) is 0 Å². The Bertz CT molecular complexity index is 814. The standard InChI is InChI=1S/C23H28O6.H3OP/c1-5-6-10-13-29-23(25)20(16-11-8-7-9-12-16)22(24)21-18(27-3)14-17(26-2)15-19(21)28-4;1-2/h7-9,11-12,14-15,20H,5-6,10,13H2,1-4H3;2H3. The minimum Gasteiger partial charge on any atom is -0.496 e. The van der Waals surface area contributed by atoms with E-state index < -0.39 is 17.7 Å². The zero-order chi connectivity index (χ0) is 23.2. The molecule has 7 nitrogen and oxygen atoms in total. The fraction of sp³-hybridized carbons (Fsp3) is 0.391. The number of hydrogen-bond donors (Lipinski definition) is 0. The van der Waals surface area contributed by atoms with Crippen LogP contribution in [0.5, 0.6) is 17.2 Å². The molecule has 0 heterocycles. The van der Waals surface area contributed by atoms with Crippen molar-refractivity contribution in [2.24, 2.45) is 0 Å². The molecule has 0 aliphatic heterocycles. The lowest BCUT2D eigenvalue weighted by atomic mass is 9.89. The van der Waals surface area contributed by atoms with Crippen LogP contribution in [0.25, 0.3) is 0 Å². The van der Waals surface area contributed by atoms with Gasteiger partial charge in [0.1, 0.15) is 28.7 Å². The quantitative estimate of drug-likeness (QED) is 0.165. The summed E-state index contributed by atoms with van der Waals surface area (Å²) in [5, 5.41) is 0. The molecule has 8 heteroatoms. The second kappa shape index (κ2) is 14.3. The molecule has 2 aromatic carbocycles. The summed E-state index contributed by atoms with van der Waals surface area (Å²) < 4.78 is 29.7. The first kappa shape index (κ1) is 26.2. The fourth-order valence-corrected chi connectivity index (χ4v) is 3.04. The van der Waals surface area contributed by atoms with E-state index in [0.29, 0.717) is 20.4 Å². The number of ketones is 1. The van der Waals surface area contributed by atoms with Crippen LogP contribution in [0.1, 0.15) is 48.0 Å². The monoisotopic (exact) mass is 450 g/mol. The number of unbranched alkanes of at least 4 members (excludes halogenated alkanes) is 2. The Labute approximate surface area is 185 Å². The molecule has 0 bridgehead atoms. The van der Waals surface area contributed by atoms with Crippen molar-refractivity contribution < 1.29 is 33.1 Å². The molecule has 0 saturated heterocycles. The van der Waals surface area contributed by atoms with Crippen LogP contribution in [0.4, 0.5) is 0 Å². The molecule has 0 saturated carbocycles. The van der Waals surface area contributed by atoms with Gasteiger partial charge in [0.05, 0.1) is 37.1 Å². The maximum absolute atomic E-state index is 13.5. The molecule has 2 atom stereocenters. The van der Waals surface area contributed by atoms with Crippen molar-refractivity contribution in [1.82, 2.24) is 0 Å². The number of esters is 1. The highest BCUT2D eigenvalue weighted by molar-refractivity contribution is 7.00. The third-order valence-corrected chi connectivity index (χ3v) is 4.58. The van der Waals surface area contributed by atoms with Gasteiger partial charge in [0.25, 0.3) is 0 Å². The lowest BCUT2D eigenvalue weighted by molar-refractivity contribution is -0.144. The minimum absolute atomic E-state index is 0.176. The van der Waals surface area contributed by atoms with E-state index in [2.05, 4.69) is 6.92 Å². The van der Waals surface area contributed by atoms with Gasteiger partial charge in [-0.05, 0) is 12.0 Å². The first-order chi connectivity index (χ1) is 15.1. The topological polar surface area (TPSA) is 88.1 Å². The summed E-state index contributed by atoms with van der Waals surface area (Å²) in [5.74, 6) is -1.13. The molecule has 0 N–H and O–H groups in total. The molecule has 0 fully saturated rings. The van der Waals surface area contributed by atoms with Crippen LogP contribution >= 0.6 is 9.12 Å². The van der Waals surface area contributed by atoms with Crippen LogP contribution in [0, 0.1) is 0 Å². The Morgan fingerprint density at radius 2 is 1.48 bits per heavy atom. The van der Waals surface area contributed by atoms with Gasteiger partial charge in [-0.2, -0.15) is 0 Å². The Kier molecular flexibility index (Phi) is 12.1. The van der Waals surface area contributed by atoms with Crippen LogP contribution in [-0.4, -0.2) is 39.7 Å². The molecule has 2 unspecified atom stereocenters. The van der Waals surface area contributed by atoms with Crippen LogP contribution < -0.4 is 14.2 Å². The van der Waals surface area contributed by atoms with Gasteiger partial charge < -0.3 is 23.5 Å². The van der Waals surface area contributed by atoms with Crippen LogP contribution in [0.3, 0.4) is 0 Å². The van der Waals surface area contributed by atoms with Gasteiger partial charge in [-0.25, -0.2) is 0 Å². The largest absolute Gasteiger partial charge is 0.496 e. The number of hydrogen-bond acceptors (Lipinski definition) is 7. The molecule has 170 valence electrons. The Hall–Kier alpha value is -2.79. The number of rotatable bonds is 11.